The summed E-state index contributed by atoms with van der Waals surface area (Å²) in [5.41, 5.74) is 1.69. The van der Waals surface area contributed by atoms with Crippen LogP contribution in [0.25, 0.3) is 0 Å². The molecule has 0 aromatic heterocycles. The van der Waals surface area contributed by atoms with Crippen LogP contribution in [-0.4, -0.2) is 116 Å². The van der Waals surface area contributed by atoms with Crippen LogP contribution in [-0.2, 0) is 35.2 Å². The van der Waals surface area contributed by atoms with Gasteiger partial charge in [-0.2, -0.15) is 15.3 Å². The number of aryl methyl sites for hydroxylation is 1. The van der Waals surface area contributed by atoms with Gasteiger partial charge in [-0.15, -0.1) is 0 Å². The maximum atomic E-state index is 13.5. The van der Waals surface area contributed by atoms with E-state index in [9.17, 15) is 28.8 Å². The predicted molar refractivity (Wildman–Crippen MR) is 438 cm³/mol. The average Bonchev–Trinajstić information content (AvgIpc) is 1.65. The van der Waals surface area contributed by atoms with Crippen LogP contribution >= 0.6 is 23.2 Å². The third-order valence-electron chi connectivity index (χ3n) is 19.5. The van der Waals surface area contributed by atoms with Crippen molar-refractivity contribution in [3.8, 4) is 5.75 Å². The lowest BCUT2D eigenvalue weighted by Crippen LogP contribution is -2.53. The molecule has 3 unspecified atom stereocenters. The summed E-state index contributed by atoms with van der Waals surface area (Å²) in [6.45, 7) is 38.0. The Morgan fingerprint density at radius 3 is 0.962 bits per heavy atom. The van der Waals surface area contributed by atoms with Crippen molar-refractivity contribution in [2.24, 2.45) is 50.8 Å². The standard InChI is InChI=1S/C31H52N4O2.C27H44N4O3.C26H40Cl2N4O2/c1-7-8-9-16-26-17-19-27(20-18-26)35-31(6,30(37)33-22-13-11-15-25(4)5)23-28(34-35)29(36)32-21-12-10-14-24(2)3;1-20(2)11-7-9-17-28-25(32)24-19-27(5,26(33)29-18-10-8-12-21(3)4)31(30-24)22-13-15-23(34-6)16-14-22;1-18(2)10-6-8-14-29-24(33)23-17-26(5,25(34)30-15-9-7-11-19(3)4)32(31-23)20-12-13-21(27)22(28)16-20/h17-20,24-25H,7-16,21-23H2,1-6H3,(H,32,36)(H,33,37);13-16,20-21H,7-12,17-19H2,1-6H3,(H,28,32)(H,29,33);12-13,16,18-19H,6-11,14-15,17H2,1-5H3,(H,29,33)(H,30,34). The Kier molecular flexibility index (Phi) is 40.7. The molecule has 3 heterocycles. The van der Waals surface area contributed by atoms with Crippen molar-refractivity contribution >= 4 is 92.8 Å². The highest BCUT2D eigenvalue weighted by atomic mass is 35.5. The van der Waals surface area contributed by atoms with E-state index in [1.54, 1.807) is 40.3 Å². The van der Waals surface area contributed by atoms with Gasteiger partial charge in [0.2, 0.25) is 17.7 Å². The molecular weight excluding hydrogens is 1360 g/mol. The summed E-state index contributed by atoms with van der Waals surface area (Å²) in [5.74, 6) is 3.74. The topological polar surface area (TPSA) is 231 Å². The van der Waals surface area contributed by atoms with Crippen molar-refractivity contribution in [3.63, 3.8) is 0 Å². The normalized spacial score (nSPS) is 17.7. The van der Waals surface area contributed by atoms with E-state index in [0.29, 0.717) is 114 Å². The van der Waals surface area contributed by atoms with Gasteiger partial charge in [0.1, 0.15) is 39.5 Å². The zero-order valence-electron chi connectivity index (χ0n) is 67.5. The minimum Gasteiger partial charge on any atom is -0.497 e. The predicted octanol–water partition coefficient (Wildman–Crippen LogP) is 17.7. The van der Waals surface area contributed by atoms with Crippen molar-refractivity contribution < 1.29 is 33.5 Å². The molecule has 0 saturated carbocycles. The van der Waals surface area contributed by atoms with E-state index in [1.165, 1.54) is 24.8 Å². The summed E-state index contributed by atoms with van der Waals surface area (Å²) in [5, 5.41) is 38.0. The number of ether oxygens (including phenoxy) is 1. The van der Waals surface area contributed by atoms with Gasteiger partial charge in [0.25, 0.3) is 17.7 Å². The van der Waals surface area contributed by atoms with Gasteiger partial charge in [-0.25, -0.2) is 15.0 Å². The zero-order valence-corrected chi connectivity index (χ0v) is 69.0. The maximum absolute atomic E-state index is 13.5. The summed E-state index contributed by atoms with van der Waals surface area (Å²) < 4.78 is 5.26. The van der Waals surface area contributed by atoms with Crippen LogP contribution < -0.4 is 51.7 Å². The number of carbonyl (C=O) groups is 6. The second kappa shape index (κ2) is 47.2. The quantitative estimate of drug-likeness (QED) is 0.0293. The fourth-order valence-corrected chi connectivity index (χ4v) is 13.1. The van der Waals surface area contributed by atoms with Gasteiger partial charge >= 0.3 is 0 Å². The second-order valence-electron chi connectivity index (χ2n) is 32.2. The molecule has 588 valence electrons. The fraction of sp³-hybridized carbons (Fsp3) is 0.679. The van der Waals surface area contributed by atoms with E-state index in [1.807, 2.05) is 57.2 Å². The lowest BCUT2D eigenvalue weighted by Gasteiger charge is -2.33. The highest BCUT2D eigenvalue weighted by molar-refractivity contribution is 6.43. The molecule has 6 N–H and O–H groups in total. The van der Waals surface area contributed by atoms with Gasteiger partial charge < -0.3 is 36.6 Å². The molecule has 0 spiro atoms. The first kappa shape index (κ1) is 90.7. The molecule has 0 radical (unpaired) electrons. The number of amides is 6. The third kappa shape index (κ3) is 31.2. The van der Waals surface area contributed by atoms with Gasteiger partial charge in [-0.05, 0) is 168 Å². The molecule has 3 atom stereocenters. The Bertz CT molecular complexity index is 3230. The highest BCUT2D eigenvalue weighted by Gasteiger charge is 2.50. The van der Waals surface area contributed by atoms with Gasteiger partial charge in [0.05, 0.1) is 34.2 Å². The number of methoxy groups -OCH3 is 1. The van der Waals surface area contributed by atoms with Crippen molar-refractivity contribution in [1.82, 2.24) is 31.9 Å². The lowest BCUT2D eigenvalue weighted by atomic mass is 9.93. The molecule has 0 aliphatic carbocycles. The van der Waals surface area contributed by atoms with Crippen LogP contribution in [0.2, 0.25) is 10.0 Å². The Labute approximate surface area is 642 Å². The molecule has 19 nitrogen and oxygen atoms in total. The molecular formula is C84H136Cl2N12O7. The summed E-state index contributed by atoms with van der Waals surface area (Å²) in [6, 6.07) is 20.8. The maximum Gasteiger partial charge on any atom is 0.267 e. The molecule has 3 aliphatic rings. The molecule has 105 heavy (non-hydrogen) atoms. The number of nitrogens with one attached hydrogen (secondary N) is 6. The van der Waals surface area contributed by atoms with E-state index in [0.717, 1.165) is 139 Å². The van der Waals surface area contributed by atoms with E-state index < -0.39 is 16.6 Å². The van der Waals surface area contributed by atoms with Crippen LogP contribution in [0.15, 0.2) is 82.0 Å². The van der Waals surface area contributed by atoms with Crippen LogP contribution in [0.3, 0.4) is 0 Å². The van der Waals surface area contributed by atoms with Gasteiger partial charge in [0, 0.05) is 58.5 Å². The number of unbranched alkanes of at least 4 members (excludes halogenated alkanes) is 8. The molecule has 0 saturated heterocycles. The van der Waals surface area contributed by atoms with Gasteiger partial charge in [-0.3, -0.25) is 28.8 Å². The zero-order chi connectivity index (χ0) is 77.7. The van der Waals surface area contributed by atoms with E-state index >= 15 is 0 Å². The number of hydrazone groups is 3. The fourth-order valence-electron chi connectivity index (χ4n) is 12.8. The van der Waals surface area contributed by atoms with E-state index in [-0.39, 0.29) is 48.3 Å². The van der Waals surface area contributed by atoms with Crippen LogP contribution in [0.1, 0.15) is 270 Å². The molecule has 6 amide bonds. The Hall–Kier alpha value is -6.73. The summed E-state index contributed by atoms with van der Waals surface area (Å²) in [7, 11) is 1.61. The van der Waals surface area contributed by atoms with Crippen LogP contribution in [0, 0.1) is 35.5 Å². The molecule has 6 rings (SSSR count). The number of hydrogen-bond acceptors (Lipinski definition) is 13. The summed E-state index contributed by atoms with van der Waals surface area (Å²) in [6.07, 6.45) is 24.4. The Balaban J connectivity index is 0.000000334. The number of benzene rings is 3. The second-order valence-corrected chi connectivity index (χ2v) is 33.0. The molecule has 0 bridgehead atoms. The number of carbonyl (C=O) groups excluding carboxylic acids is 6. The summed E-state index contributed by atoms with van der Waals surface area (Å²) in [4.78, 5) is 78.8. The number of hydrogen-bond donors (Lipinski definition) is 6. The van der Waals surface area contributed by atoms with Crippen LogP contribution in [0.5, 0.6) is 5.75 Å². The number of halogens is 2. The average molecular weight is 1500 g/mol. The monoisotopic (exact) mass is 1500 g/mol. The Morgan fingerprint density at radius 1 is 0.390 bits per heavy atom. The Morgan fingerprint density at radius 2 is 0.676 bits per heavy atom. The molecule has 3 aromatic carbocycles. The van der Waals surface area contributed by atoms with E-state index in [4.69, 9.17) is 33.0 Å². The van der Waals surface area contributed by atoms with Gasteiger partial charge in [0.15, 0.2) is 0 Å². The SMILES string of the molecule is CC(C)CCCCNC(=O)C1=NN(c2ccc(Cl)c(Cl)c2)C(C)(C(=O)NCCCCC(C)C)C1.CCCCCc1ccc(N2N=C(C(=O)NCCCCC(C)C)CC2(C)C(=O)NCCCCC(C)C)cc1.COc1ccc(N2N=C(C(=O)NCCCCC(C)C)CC2(C)C(=O)NCCCCC(C)C)cc1. The first-order chi connectivity index (χ1) is 49.9. The molecule has 21 heteroatoms. The van der Waals surface area contributed by atoms with Crippen molar-refractivity contribution in [1.29, 1.82) is 0 Å². The number of nitrogens with zero attached hydrogens (tertiary/aromatic N) is 6. The van der Waals surface area contributed by atoms with E-state index in [2.05, 4.69) is 144 Å². The lowest BCUT2D eigenvalue weighted by molar-refractivity contribution is -0.126. The first-order valence-electron chi connectivity index (χ1n) is 39.9. The smallest absolute Gasteiger partial charge is 0.267 e. The van der Waals surface area contributed by atoms with Crippen molar-refractivity contribution in [3.05, 3.63) is 82.3 Å². The molecule has 3 aromatic rings. The third-order valence-corrected chi connectivity index (χ3v) is 20.3. The van der Waals surface area contributed by atoms with Crippen molar-refractivity contribution in [2.75, 3.05) is 61.4 Å². The number of rotatable bonds is 44. The summed E-state index contributed by atoms with van der Waals surface area (Å²) >= 11 is 12.3. The minimum absolute atomic E-state index is 0.0763. The first-order valence-corrected chi connectivity index (χ1v) is 40.6. The largest absolute Gasteiger partial charge is 0.497 e. The van der Waals surface area contributed by atoms with Gasteiger partial charge in [-0.1, -0.05) is 215 Å². The highest BCUT2D eigenvalue weighted by Crippen LogP contribution is 2.39. The van der Waals surface area contributed by atoms with Crippen molar-refractivity contribution in [2.45, 2.75) is 288 Å². The van der Waals surface area contributed by atoms with Crippen LogP contribution in [0.4, 0.5) is 17.1 Å². The number of anilines is 3. The molecule has 3 aliphatic heterocycles. The minimum atomic E-state index is -1.04. The molecule has 0 fully saturated rings.